The lowest BCUT2D eigenvalue weighted by molar-refractivity contribution is -0.385. The summed E-state index contributed by atoms with van der Waals surface area (Å²) in [7, 11) is 0. The van der Waals surface area contributed by atoms with E-state index in [9.17, 15) is 10.1 Å². The molecule has 0 aromatic heterocycles. The molecule has 0 saturated heterocycles. The second-order valence-corrected chi connectivity index (χ2v) is 4.98. The number of rotatable bonds is 5. The third-order valence-electron chi connectivity index (χ3n) is 3.13. The van der Waals surface area contributed by atoms with E-state index in [2.05, 4.69) is 5.32 Å². The summed E-state index contributed by atoms with van der Waals surface area (Å²) >= 11 is 5.83. The van der Waals surface area contributed by atoms with E-state index in [-0.39, 0.29) is 16.7 Å². The van der Waals surface area contributed by atoms with Gasteiger partial charge in [-0.15, -0.1) is 0 Å². The number of benzene rings is 2. The molecule has 1 unspecified atom stereocenters. The van der Waals surface area contributed by atoms with E-state index in [1.807, 2.05) is 37.3 Å². The SMILES string of the molecule is CC(NCc1ccc(Cl)cc1)c1ccccc1[N+](=O)[O-]. The van der Waals surface area contributed by atoms with Crippen molar-refractivity contribution >= 4 is 17.3 Å². The Morgan fingerprint density at radius 1 is 1.20 bits per heavy atom. The molecule has 0 saturated carbocycles. The van der Waals surface area contributed by atoms with Crippen LogP contribution in [-0.4, -0.2) is 4.92 Å². The van der Waals surface area contributed by atoms with Gasteiger partial charge in [0.2, 0.25) is 0 Å². The third-order valence-corrected chi connectivity index (χ3v) is 3.38. The van der Waals surface area contributed by atoms with Crippen LogP contribution in [0.4, 0.5) is 5.69 Å². The summed E-state index contributed by atoms with van der Waals surface area (Å²) in [5, 5.41) is 15.0. The zero-order chi connectivity index (χ0) is 14.5. The summed E-state index contributed by atoms with van der Waals surface area (Å²) in [4.78, 5) is 10.6. The van der Waals surface area contributed by atoms with Gasteiger partial charge in [0.1, 0.15) is 0 Å². The van der Waals surface area contributed by atoms with Crippen LogP contribution in [0, 0.1) is 10.1 Å². The number of nitrogens with one attached hydrogen (secondary N) is 1. The van der Waals surface area contributed by atoms with Crippen LogP contribution in [0.15, 0.2) is 48.5 Å². The molecule has 0 fully saturated rings. The van der Waals surface area contributed by atoms with Crippen LogP contribution in [0.3, 0.4) is 0 Å². The molecule has 0 radical (unpaired) electrons. The van der Waals surface area contributed by atoms with Gasteiger partial charge in [-0.3, -0.25) is 10.1 Å². The Hall–Kier alpha value is -1.91. The highest BCUT2D eigenvalue weighted by Crippen LogP contribution is 2.24. The molecule has 2 aromatic carbocycles. The zero-order valence-electron chi connectivity index (χ0n) is 11.0. The Bertz CT molecular complexity index is 599. The van der Waals surface area contributed by atoms with E-state index in [1.165, 1.54) is 6.07 Å². The highest BCUT2D eigenvalue weighted by atomic mass is 35.5. The monoisotopic (exact) mass is 290 g/mol. The van der Waals surface area contributed by atoms with Crippen LogP contribution < -0.4 is 5.32 Å². The molecule has 2 rings (SSSR count). The van der Waals surface area contributed by atoms with Crippen molar-refractivity contribution in [1.29, 1.82) is 0 Å². The molecular weight excluding hydrogens is 276 g/mol. The van der Waals surface area contributed by atoms with E-state index in [0.29, 0.717) is 17.1 Å². The summed E-state index contributed by atoms with van der Waals surface area (Å²) in [6, 6.07) is 14.2. The largest absolute Gasteiger partial charge is 0.306 e. The lowest BCUT2D eigenvalue weighted by atomic mass is 10.1. The van der Waals surface area contributed by atoms with E-state index in [4.69, 9.17) is 11.6 Å². The predicted octanol–water partition coefficient (Wildman–Crippen LogP) is 4.10. The fraction of sp³-hybridized carbons (Fsp3) is 0.200. The van der Waals surface area contributed by atoms with Crippen molar-refractivity contribution in [3.05, 3.63) is 74.8 Å². The van der Waals surface area contributed by atoms with Gasteiger partial charge in [-0.05, 0) is 24.6 Å². The standard InChI is InChI=1S/C15H15ClN2O2/c1-11(14-4-2-3-5-15(14)18(19)20)17-10-12-6-8-13(16)9-7-12/h2-9,11,17H,10H2,1H3. The average molecular weight is 291 g/mol. The van der Waals surface area contributed by atoms with Crippen LogP contribution >= 0.6 is 11.6 Å². The molecule has 0 amide bonds. The molecule has 2 aromatic rings. The minimum Gasteiger partial charge on any atom is -0.306 e. The Balaban J connectivity index is 2.07. The van der Waals surface area contributed by atoms with Gasteiger partial charge in [0.15, 0.2) is 0 Å². The van der Waals surface area contributed by atoms with Crippen molar-refractivity contribution in [1.82, 2.24) is 5.32 Å². The lowest BCUT2D eigenvalue weighted by Gasteiger charge is -2.14. The first-order valence-electron chi connectivity index (χ1n) is 6.29. The van der Waals surface area contributed by atoms with Crippen molar-refractivity contribution in [3.63, 3.8) is 0 Å². The van der Waals surface area contributed by atoms with Crippen molar-refractivity contribution in [2.75, 3.05) is 0 Å². The lowest BCUT2D eigenvalue weighted by Crippen LogP contribution is -2.19. The molecule has 4 nitrogen and oxygen atoms in total. The first-order chi connectivity index (χ1) is 9.58. The van der Waals surface area contributed by atoms with Crippen LogP contribution in [0.5, 0.6) is 0 Å². The van der Waals surface area contributed by atoms with Gasteiger partial charge in [-0.2, -0.15) is 0 Å². The van der Waals surface area contributed by atoms with E-state index >= 15 is 0 Å². The average Bonchev–Trinajstić information content (AvgIpc) is 2.46. The highest BCUT2D eigenvalue weighted by molar-refractivity contribution is 6.30. The van der Waals surface area contributed by atoms with E-state index in [1.54, 1.807) is 12.1 Å². The highest BCUT2D eigenvalue weighted by Gasteiger charge is 2.17. The number of nitrogens with zero attached hydrogens (tertiary/aromatic N) is 1. The molecule has 1 N–H and O–H groups in total. The van der Waals surface area contributed by atoms with Gasteiger partial charge in [0, 0.05) is 29.2 Å². The summed E-state index contributed by atoms with van der Waals surface area (Å²) in [5.74, 6) is 0. The minimum absolute atomic E-state index is 0.104. The molecule has 0 aliphatic rings. The molecular formula is C15H15ClN2O2. The van der Waals surface area contributed by atoms with Gasteiger partial charge in [0.05, 0.1) is 4.92 Å². The number of nitro benzene ring substituents is 1. The van der Waals surface area contributed by atoms with Crippen LogP contribution in [0.25, 0.3) is 0 Å². The molecule has 5 heteroatoms. The Kier molecular flexibility index (Phi) is 4.71. The van der Waals surface area contributed by atoms with Gasteiger partial charge in [0.25, 0.3) is 5.69 Å². The maximum absolute atomic E-state index is 11.0. The minimum atomic E-state index is -0.351. The number of nitro groups is 1. The summed E-state index contributed by atoms with van der Waals surface area (Å²) in [5.41, 5.74) is 1.91. The van der Waals surface area contributed by atoms with Crippen molar-refractivity contribution in [3.8, 4) is 0 Å². The van der Waals surface area contributed by atoms with E-state index in [0.717, 1.165) is 5.56 Å². The second kappa shape index (κ2) is 6.50. The Morgan fingerprint density at radius 2 is 1.85 bits per heavy atom. The van der Waals surface area contributed by atoms with Gasteiger partial charge < -0.3 is 5.32 Å². The number of para-hydroxylation sites is 1. The van der Waals surface area contributed by atoms with Crippen LogP contribution in [-0.2, 0) is 6.54 Å². The smallest absolute Gasteiger partial charge is 0.274 e. The molecule has 0 bridgehead atoms. The normalized spacial score (nSPS) is 12.1. The topological polar surface area (TPSA) is 55.2 Å². The first-order valence-corrected chi connectivity index (χ1v) is 6.67. The first kappa shape index (κ1) is 14.5. The molecule has 20 heavy (non-hydrogen) atoms. The Morgan fingerprint density at radius 3 is 2.50 bits per heavy atom. The molecule has 0 heterocycles. The fourth-order valence-corrected chi connectivity index (χ4v) is 2.13. The van der Waals surface area contributed by atoms with Crippen LogP contribution in [0.2, 0.25) is 5.02 Å². The quantitative estimate of drug-likeness (QED) is 0.666. The molecule has 0 aliphatic heterocycles. The van der Waals surface area contributed by atoms with Gasteiger partial charge in [-0.1, -0.05) is 41.9 Å². The molecule has 1 atom stereocenters. The van der Waals surface area contributed by atoms with Gasteiger partial charge >= 0.3 is 0 Å². The number of halogens is 1. The maximum atomic E-state index is 11.0. The molecule has 0 aliphatic carbocycles. The summed E-state index contributed by atoms with van der Waals surface area (Å²) in [6.07, 6.45) is 0. The molecule has 0 spiro atoms. The summed E-state index contributed by atoms with van der Waals surface area (Å²) < 4.78 is 0. The van der Waals surface area contributed by atoms with Crippen molar-refractivity contribution < 1.29 is 4.92 Å². The van der Waals surface area contributed by atoms with Crippen molar-refractivity contribution in [2.45, 2.75) is 19.5 Å². The number of hydrogen-bond donors (Lipinski definition) is 1. The summed E-state index contributed by atoms with van der Waals surface area (Å²) in [6.45, 7) is 2.54. The number of hydrogen-bond acceptors (Lipinski definition) is 3. The van der Waals surface area contributed by atoms with E-state index < -0.39 is 0 Å². The van der Waals surface area contributed by atoms with Gasteiger partial charge in [-0.25, -0.2) is 0 Å². The third kappa shape index (κ3) is 3.56. The predicted molar refractivity (Wildman–Crippen MR) is 79.8 cm³/mol. The van der Waals surface area contributed by atoms with Crippen molar-refractivity contribution in [2.24, 2.45) is 0 Å². The molecule has 104 valence electrons. The second-order valence-electron chi connectivity index (χ2n) is 4.54. The Labute approximate surface area is 122 Å². The zero-order valence-corrected chi connectivity index (χ0v) is 11.8. The van der Waals surface area contributed by atoms with Crippen LogP contribution in [0.1, 0.15) is 24.1 Å². The maximum Gasteiger partial charge on any atom is 0.274 e. The fourth-order valence-electron chi connectivity index (χ4n) is 2.00.